The lowest BCUT2D eigenvalue weighted by Crippen LogP contribution is -2.15. The smallest absolute Gasteiger partial charge is 0.119 e. The first-order valence-electron chi connectivity index (χ1n) is 6.85. The molecule has 2 aromatic rings. The van der Waals surface area contributed by atoms with E-state index in [1.165, 1.54) is 0 Å². The molecule has 0 amide bonds. The van der Waals surface area contributed by atoms with Crippen molar-refractivity contribution >= 4 is 0 Å². The molecule has 0 aliphatic carbocycles. The van der Waals surface area contributed by atoms with Crippen LogP contribution in [0.3, 0.4) is 0 Å². The first-order valence-corrected chi connectivity index (χ1v) is 6.85. The van der Waals surface area contributed by atoms with E-state index in [4.69, 9.17) is 19.9 Å². The van der Waals surface area contributed by atoms with Crippen molar-refractivity contribution in [1.29, 1.82) is 0 Å². The quantitative estimate of drug-likeness (QED) is 0.850. The van der Waals surface area contributed by atoms with E-state index >= 15 is 0 Å². The van der Waals surface area contributed by atoms with Gasteiger partial charge in [-0.2, -0.15) is 0 Å². The molecule has 4 heteroatoms. The highest BCUT2D eigenvalue weighted by molar-refractivity contribution is 5.29. The Labute approximate surface area is 125 Å². The number of ether oxygens (including phenoxy) is 3. The van der Waals surface area contributed by atoms with Gasteiger partial charge in [0.25, 0.3) is 0 Å². The number of rotatable bonds is 7. The Morgan fingerprint density at radius 2 is 1.67 bits per heavy atom. The van der Waals surface area contributed by atoms with Crippen molar-refractivity contribution in [2.24, 2.45) is 5.73 Å². The summed E-state index contributed by atoms with van der Waals surface area (Å²) in [7, 11) is 3.30. The Balaban J connectivity index is 2.01. The molecule has 0 heterocycles. The maximum Gasteiger partial charge on any atom is 0.119 e. The van der Waals surface area contributed by atoms with Crippen LogP contribution in [0.2, 0.25) is 0 Å². The summed E-state index contributed by atoms with van der Waals surface area (Å²) in [5.74, 6) is 1.65. The zero-order valence-corrected chi connectivity index (χ0v) is 12.4. The molecule has 0 radical (unpaired) electrons. The SMILES string of the molecule is COc1ccc(C(CN)OCc2cccc(OC)c2)cc1. The Bertz CT molecular complexity index is 554. The Morgan fingerprint density at radius 1 is 0.952 bits per heavy atom. The maximum atomic E-state index is 5.92. The van der Waals surface area contributed by atoms with E-state index in [0.29, 0.717) is 13.2 Å². The van der Waals surface area contributed by atoms with Crippen LogP contribution in [0.15, 0.2) is 48.5 Å². The molecule has 0 aliphatic heterocycles. The van der Waals surface area contributed by atoms with Gasteiger partial charge in [0.1, 0.15) is 11.5 Å². The fraction of sp³-hybridized carbons (Fsp3) is 0.294. The summed E-state index contributed by atoms with van der Waals surface area (Å²) in [4.78, 5) is 0. The molecule has 112 valence electrons. The third kappa shape index (κ3) is 4.21. The number of hydrogen-bond acceptors (Lipinski definition) is 4. The van der Waals surface area contributed by atoms with Gasteiger partial charge in [-0.3, -0.25) is 0 Å². The Kier molecular flexibility index (Phi) is 5.60. The molecule has 1 atom stereocenters. The molecule has 0 fully saturated rings. The van der Waals surface area contributed by atoms with E-state index in [9.17, 15) is 0 Å². The van der Waals surface area contributed by atoms with Crippen LogP contribution in [0.4, 0.5) is 0 Å². The molecule has 21 heavy (non-hydrogen) atoms. The van der Waals surface area contributed by atoms with Crippen molar-refractivity contribution in [2.75, 3.05) is 20.8 Å². The van der Waals surface area contributed by atoms with Crippen molar-refractivity contribution in [3.8, 4) is 11.5 Å². The second-order valence-corrected chi connectivity index (χ2v) is 4.66. The average Bonchev–Trinajstić information content (AvgIpc) is 2.56. The van der Waals surface area contributed by atoms with E-state index in [-0.39, 0.29) is 6.10 Å². The zero-order chi connectivity index (χ0) is 15.1. The van der Waals surface area contributed by atoms with Gasteiger partial charge in [0.05, 0.1) is 26.9 Å². The highest BCUT2D eigenvalue weighted by Crippen LogP contribution is 2.22. The molecule has 0 aromatic heterocycles. The zero-order valence-electron chi connectivity index (χ0n) is 12.4. The summed E-state index contributed by atoms with van der Waals surface area (Å²) in [5, 5.41) is 0. The van der Waals surface area contributed by atoms with Crippen LogP contribution >= 0.6 is 0 Å². The first-order chi connectivity index (χ1) is 10.3. The minimum atomic E-state index is -0.137. The molecule has 2 N–H and O–H groups in total. The van der Waals surface area contributed by atoms with E-state index in [2.05, 4.69) is 0 Å². The van der Waals surface area contributed by atoms with Crippen molar-refractivity contribution < 1.29 is 14.2 Å². The van der Waals surface area contributed by atoms with Gasteiger partial charge >= 0.3 is 0 Å². The maximum absolute atomic E-state index is 5.92. The van der Waals surface area contributed by atoms with Crippen LogP contribution in [-0.2, 0) is 11.3 Å². The van der Waals surface area contributed by atoms with Crippen molar-refractivity contribution in [3.05, 3.63) is 59.7 Å². The molecule has 1 unspecified atom stereocenters. The summed E-state index contributed by atoms with van der Waals surface area (Å²) < 4.78 is 16.3. The molecule has 0 saturated heterocycles. The molecule has 2 aromatic carbocycles. The lowest BCUT2D eigenvalue weighted by atomic mass is 10.1. The number of methoxy groups -OCH3 is 2. The van der Waals surface area contributed by atoms with Crippen LogP contribution in [-0.4, -0.2) is 20.8 Å². The number of benzene rings is 2. The lowest BCUT2D eigenvalue weighted by Gasteiger charge is -2.17. The lowest BCUT2D eigenvalue weighted by molar-refractivity contribution is 0.0455. The monoisotopic (exact) mass is 287 g/mol. The molecule has 2 rings (SSSR count). The van der Waals surface area contributed by atoms with Gasteiger partial charge in [-0.15, -0.1) is 0 Å². The minimum Gasteiger partial charge on any atom is -0.497 e. The van der Waals surface area contributed by atoms with Gasteiger partial charge in [-0.1, -0.05) is 24.3 Å². The summed E-state index contributed by atoms with van der Waals surface area (Å²) in [5.41, 5.74) is 7.91. The van der Waals surface area contributed by atoms with Gasteiger partial charge in [-0.05, 0) is 35.4 Å². The topological polar surface area (TPSA) is 53.7 Å². The highest BCUT2D eigenvalue weighted by Gasteiger charge is 2.10. The molecular formula is C17H21NO3. The van der Waals surface area contributed by atoms with E-state index in [0.717, 1.165) is 22.6 Å². The van der Waals surface area contributed by atoms with Crippen LogP contribution < -0.4 is 15.2 Å². The van der Waals surface area contributed by atoms with Gasteiger partial charge in [-0.25, -0.2) is 0 Å². The Hall–Kier alpha value is -2.04. The fourth-order valence-corrected chi connectivity index (χ4v) is 2.08. The third-order valence-electron chi connectivity index (χ3n) is 3.29. The second-order valence-electron chi connectivity index (χ2n) is 4.66. The average molecular weight is 287 g/mol. The standard InChI is InChI=1S/C17H21NO3/c1-19-15-8-6-14(7-9-15)17(11-18)21-12-13-4-3-5-16(10-13)20-2/h3-10,17H,11-12,18H2,1-2H3. The fourth-order valence-electron chi connectivity index (χ4n) is 2.08. The van der Waals surface area contributed by atoms with Gasteiger partial charge < -0.3 is 19.9 Å². The molecule has 0 aliphatic rings. The predicted molar refractivity (Wildman–Crippen MR) is 82.6 cm³/mol. The van der Waals surface area contributed by atoms with Crippen molar-refractivity contribution in [3.63, 3.8) is 0 Å². The van der Waals surface area contributed by atoms with Crippen LogP contribution in [0.25, 0.3) is 0 Å². The predicted octanol–water partition coefficient (Wildman–Crippen LogP) is 2.92. The highest BCUT2D eigenvalue weighted by atomic mass is 16.5. The van der Waals surface area contributed by atoms with Crippen LogP contribution in [0.1, 0.15) is 17.2 Å². The van der Waals surface area contributed by atoms with Gasteiger partial charge in [0, 0.05) is 6.54 Å². The summed E-state index contributed by atoms with van der Waals surface area (Å²) in [6.45, 7) is 0.918. The molecule has 4 nitrogen and oxygen atoms in total. The third-order valence-corrected chi connectivity index (χ3v) is 3.29. The molecule has 0 saturated carbocycles. The molecular weight excluding hydrogens is 266 g/mol. The van der Waals surface area contributed by atoms with E-state index < -0.39 is 0 Å². The minimum absolute atomic E-state index is 0.137. The van der Waals surface area contributed by atoms with E-state index in [1.807, 2.05) is 48.5 Å². The molecule has 0 spiro atoms. The summed E-state index contributed by atoms with van der Waals surface area (Å²) in [6.07, 6.45) is -0.137. The molecule has 0 bridgehead atoms. The first kappa shape index (κ1) is 15.4. The number of hydrogen-bond donors (Lipinski definition) is 1. The van der Waals surface area contributed by atoms with Gasteiger partial charge in [0.15, 0.2) is 0 Å². The Morgan fingerprint density at radius 3 is 2.29 bits per heavy atom. The second kappa shape index (κ2) is 7.67. The van der Waals surface area contributed by atoms with Crippen molar-refractivity contribution in [2.45, 2.75) is 12.7 Å². The number of nitrogens with two attached hydrogens (primary N) is 1. The summed E-state index contributed by atoms with van der Waals surface area (Å²) >= 11 is 0. The normalized spacial score (nSPS) is 12.0. The van der Waals surface area contributed by atoms with Crippen molar-refractivity contribution in [1.82, 2.24) is 0 Å². The van der Waals surface area contributed by atoms with E-state index in [1.54, 1.807) is 14.2 Å². The summed E-state index contributed by atoms with van der Waals surface area (Å²) in [6, 6.07) is 15.6. The van der Waals surface area contributed by atoms with Crippen LogP contribution in [0, 0.1) is 0 Å². The van der Waals surface area contributed by atoms with Crippen LogP contribution in [0.5, 0.6) is 11.5 Å². The largest absolute Gasteiger partial charge is 0.497 e. The van der Waals surface area contributed by atoms with Gasteiger partial charge in [0.2, 0.25) is 0 Å².